The summed E-state index contributed by atoms with van der Waals surface area (Å²) >= 11 is 0. The highest BCUT2D eigenvalue weighted by Gasteiger charge is 2.28. The Hall–Kier alpha value is -4.03. The summed E-state index contributed by atoms with van der Waals surface area (Å²) in [5.41, 5.74) is 3.59. The van der Waals surface area contributed by atoms with E-state index in [0.29, 0.717) is 30.9 Å². The Morgan fingerprint density at radius 2 is 2.16 bits per heavy atom. The SMILES string of the molecule is C=Cc1c2cccc(N[C@@H]3CCN(C)C[C@@H]3F)c2nn1C#CCNc1ccc(C(=O)N(C)CC)cc1OC. The lowest BCUT2D eigenvalue weighted by Gasteiger charge is -2.33. The summed E-state index contributed by atoms with van der Waals surface area (Å²) in [5.74, 6) is 3.59. The van der Waals surface area contributed by atoms with Crippen molar-refractivity contribution >= 4 is 34.3 Å². The fraction of sp³-hybridized carbons (Fsp3) is 0.379. The number of nitrogens with one attached hydrogen (secondary N) is 2. The molecule has 1 fully saturated rings. The Kier molecular flexibility index (Phi) is 8.54. The molecule has 2 aromatic carbocycles. The molecular formula is C29H35FN6O2. The zero-order valence-electron chi connectivity index (χ0n) is 22.4. The van der Waals surface area contributed by atoms with Gasteiger partial charge in [0.1, 0.15) is 17.4 Å². The highest BCUT2D eigenvalue weighted by molar-refractivity contribution is 5.96. The summed E-state index contributed by atoms with van der Waals surface area (Å²) in [6.45, 7) is 8.08. The predicted octanol–water partition coefficient (Wildman–Crippen LogP) is 4.16. The number of methoxy groups -OCH3 is 1. The number of hydrogen-bond donors (Lipinski definition) is 2. The van der Waals surface area contributed by atoms with Gasteiger partial charge in [0.25, 0.3) is 5.91 Å². The normalized spacial score (nSPS) is 17.4. The largest absolute Gasteiger partial charge is 0.495 e. The summed E-state index contributed by atoms with van der Waals surface area (Å²) in [6.07, 6.45) is 1.50. The number of piperidine rings is 1. The number of anilines is 2. The molecule has 4 rings (SSSR count). The van der Waals surface area contributed by atoms with E-state index in [-0.39, 0.29) is 11.9 Å². The minimum atomic E-state index is -0.951. The molecule has 0 unspecified atom stereocenters. The quantitative estimate of drug-likeness (QED) is 0.437. The van der Waals surface area contributed by atoms with Gasteiger partial charge < -0.3 is 25.2 Å². The van der Waals surface area contributed by atoms with E-state index >= 15 is 0 Å². The maximum atomic E-state index is 14.6. The smallest absolute Gasteiger partial charge is 0.253 e. The second-order valence-corrected chi connectivity index (χ2v) is 9.40. The van der Waals surface area contributed by atoms with Crippen molar-refractivity contribution in [2.45, 2.75) is 25.6 Å². The highest BCUT2D eigenvalue weighted by atomic mass is 19.1. The fourth-order valence-electron chi connectivity index (χ4n) is 4.53. The molecule has 9 heteroatoms. The molecule has 2 N–H and O–H groups in total. The summed E-state index contributed by atoms with van der Waals surface area (Å²) in [5, 5.41) is 12.2. The first-order chi connectivity index (χ1) is 18.4. The number of benzene rings is 2. The Labute approximate surface area is 223 Å². The average Bonchev–Trinajstić information content (AvgIpc) is 3.30. The van der Waals surface area contributed by atoms with E-state index in [2.05, 4.69) is 29.2 Å². The van der Waals surface area contributed by atoms with Crippen LogP contribution >= 0.6 is 0 Å². The molecule has 2 heterocycles. The molecular weight excluding hydrogens is 483 g/mol. The van der Waals surface area contributed by atoms with Crippen molar-refractivity contribution in [1.82, 2.24) is 19.6 Å². The predicted molar refractivity (Wildman–Crippen MR) is 152 cm³/mol. The van der Waals surface area contributed by atoms with Gasteiger partial charge in [0.15, 0.2) is 0 Å². The number of aromatic nitrogens is 2. The van der Waals surface area contributed by atoms with Crippen LogP contribution in [0, 0.1) is 12.0 Å². The van der Waals surface area contributed by atoms with Crippen molar-refractivity contribution < 1.29 is 13.9 Å². The van der Waals surface area contributed by atoms with Gasteiger partial charge in [-0.05, 0) is 50.7 Å². The van der Waals surface area contributed by atoms with Gasteiger partial charge >= 0.3 is 0 Å². The van der Waals surface area contributed by atoms with E-state index in [4.69, 9.17) is 9.84 Å². The van der Waals surface area contributed by atoms with Gasteiger partial charge in [0, 0.05) is 43.7 Å². The maximum absolute atomic E-state index is 14.6. The summed E-state index contributed by atoms with van der Waals surface area (Å²) < 4.78 is 21.7. The molecule has 8 nitrogen and oxygen atoms in total. The van der Waals surface area contributed by atoms with Crippen molar-refractivity contribution in [2.75, 3.05) is 58.0 Å². The standard InChI is InChI=1S/C29H35FN6O2/c1-6-26-21-10-8-11-25(32-23-14-17-34(3)19-22(23)30)28(21)33-36(26)16-9-15-31-24-13-12-20(18-27(24)38-5)29(37)35(4)7-2/h6,8,10-13,18,22-23,31-32H,1,7,14-15,17,19H2,2-5H3/t22-,23+/m0/s1. The zero-order valence-corrected chi connectivity index (χ0v) is 22.4. The number of amides is 1. The molecule has 1 aliphatic heterocycles. The average molecular weight is 519 g/mol. The van der Waals surface area contributed by atoms with Crippen molar-refractivity contribution in [3.05, 3.63) is 54.2 Å². The molecule has 0 bridgehead atoms. The molecule has 1 aromatic heterocycles. The number of carbonyl (C=O) groups is 1. The van der Waals surface area contributed by atoms with Gasteiger partial charge in [-0.15, -0.1) is 0 Å². The molecule has 1 aliphatic rings. The third kappa shape index (κ3) is 5.76. The molecule has 1 amide bonds. The number of rotatable bonds is 8. The minimum absolute atomic E-state index is 0.0634. The molecule has 0 radical (unpaired) electrons. The van der Waals surface area contributed by atoms with E-state index in [1.807, 2.05) is 43.1 Å². The number of hydrogen-bond acceptors (Lipinski definition) is 6. The van der Waals surface area contributed by atoms with Crippen molar-refractivity contribution in [2.24, 2.45) is 0 Å². The third-order valence-corrected chi connectivity index (χ3v) is 6.84. The molecule has 200 valence electrons. The molecule has 1 saturated heterocycles. The van der Waals surface area contributed by atoms with Crippen LogP contribution in [0.25, 0.3) is 17.0 Å². The van der Waals surface area contributed by atoms with Crippen molar-refractivity contribution in [1.29, 1.82) is 0 Å². The Morgan fingerprint density at radius 3 is 2.87 bits per heavy atom. The first-order valence-electron chi connectivity index (χ1n) is 12.8. The number of likely N-dealkylation sites (tertiary alicyclic amines) is 1. The number of alkyl halides is 1. The maximum Gasteiger partial charge on any atom is 0.253 e. The molecule has 0 spiro atoms. The topological polar surface area (TPSA) is 74.7 Å². The van der Waals surface area contributed by atoms with Gasteiger partial charge in [-0.3, -0.25) is 4.79 Å². The van der Waals surface area contributed by atoms with Gasteiger partial charge in [-0.25, -0.2) is 4.39 Å². The van der Waals surface area contributed by atoms with Gasteiger partial charge in [0.05, 0.1) is 36.8 Å². The number of nitrogens with zero attached hydrogens (tertiary/aromatic N) is 4. The first-order valence-corrected chi connectivity index (χ1v) is 12.8. The summed E-state index contributed by atoms with van der Waals surface area (Å²) in [6, 6.07) is 13.9. The van der Waals surface area contributed by atoms with Crippen LogP contribution in [0.4, 0.5) is 15.8 Å². The van der Waals surface area contributed by atoms with E-state index in [1.165, 1.54) is 0 Å². The van der Waals surface area contributed by atoms with Gasteiger partial charge in [-0.2, -0.15) is 9.78 Å². The minimum Gasteiger partial charge on any atom is -0.495 e. The zero-order chi connectivity index (χ0) is 27.2. The van der Waals surface area contributed by atoms with Crippen LogP contribution in [0.1, 0.15) is 29.4 Å². The van der Waals surface area contributed by atoms with Crippen LogP contribution in [0.15, 0.2) is 43.0 Å². The van der Waals surface area contributed by atoms with E-state index in [9.17, 15) is 9.18 Å². The lowest BCUT2D eigenvalue weighted by atomic mass is 10.0. The lowest BCUT2D eigenvalue weighted by Crippen LogP contribution is -2.46. The summed E-state index contributed by atoms with van der Waals surface area (Å²) in [4.78, 5) is 16.1. The molecule has 38 heavy (non-hydrogen) atoms. The second kappa shape index (κ2) is 12.0. The van der Waals surface area contributed by atoms with Crippen molar-refractivity contribution in [3.8, 4) is 17.7 Å². The number of ether oxygens (including phenoxy) is 1. The number of fused-ring (bicyclic) bond motifs is 1. The highest BCUT2D eigenvalue weighted by Crippen LogP contribution is 2.29. The van der Waals surface area contributed by atoms with Crippen LogP contribution in [0.5, 0.6) is 5.75 Å². The third-order valence-electron chi connectivity index (χ3n) is 6.84. The van der Waals surface area contributed by atoms with E-state index < -0.39 is 6.17 Å². The second-order valence-electron chi connectivity index (χ2n) is 9.40. The Morgan fingerprint density at radius 1 is 1.34 bits per heavy atom. The van der Waals surface area contributed by atoms with Crippen LogP contribution < -0.4 is 15.4 Å². The molecule has 0 aliphatic carbocycles. The number of halogens is 1. The summed E-state index contributed by atoms with van der Waals surface area (Å²) in [7, 11) is 5.27. The van der Waals surface area contributed by atoms with E-state index in [1.54, 1.807) is 41.9 Å². The van der Waals surface area contributed by atoms with Crippen LogP contribution in [-0.4, -0.2) is 85.1 Å². The van der Waals surface area contributed by atoms with Crippen molar-refractivity contribution in [3.63, 3.8) is 0 Å². The Balaban J connectivity index is 1.51. The van der Waals surface area contributed by atoms with Gasteiger partial charge in [0.2, 0.25) is 0 Å². The van der Waals surface area contributed by atoms with Gasteiger partial charge in [-0.1, -0.05) is 24.6 Å². The van der Waals surface area contributed by atoms with E-state index in [0.717, 1.165) is 40.9 Å². The fourth-order valence-corrected chi connectivity index (χ4v) is 4.53. The van der Waals surface area contributed by atoms with Crippen LogP contribution in [-0.2, 0) is 0 Å². The van der Waals surface area contributed by atoms with Crippen LogP contribution in [0.3, 0.4) is 0 Å². The Bertz CT molecular complexity index is 1370. The lowest BCUT2D eigenvalue weighted by molar-refractivity contribution is 0.0802. The molecule has 2 atom stereocenters. The van der Waals surface area contributed by atoms with Crippen LogP contribution in [0.2, 0.25) is 0 Å². The monoisotopic (exact) mass is 518 g/mol. The molecule has 0 saturated carbocycles. The molecule has 3 aromatic rings. The number of carbonyl (C=O) groups excluding carboxylic acids is 1. The first kappa shape index (κ1) is 27.0.